The van der Waals surface area contributed by atoms with Crippen LogP contribution in [0.15, 0.2) is 60.7 Å². The molecule has 0 amide bonds. The summed E-state index contributed by atoms with van der Waals surface area (Å²) >= 11 is 0. The number of hydrogen-bond acceptors (Lipinski definition) is 1. The van der Waals surface area contributed by atoms with E-state index in [0.29, 0.717) is 6.54 Å². The predicted molar refractivity (Wildman–Crippen MR) is 85.6 cm³/mol. The summed E-state index contributed by atoms with van der Waals surface area (Å²) in [6, 6.07) is 8.18. The molecule has 1 aromatic rings. The first-order valence-corrected chi connectivity index (χ1v) is 6.91. The molecule has 2 N–H and O–H groups in total. The monoisotopic (exact) mass is 277 g/mol. The molecule has 3 heteroatoms. The summed E-state index contributed by atoms with van der Waals surface area (Å²) < 4.78 is 12.7. The van der Waals surface area contributed by atoms with Crippen molar-refractivity contribution in [3.63, 3.8) is 0 Å². The van der Waals surface area contributed by atoms with Gasteiger partial charge >= 0.3 is 0 Å². The Balaban J connectivity index is 3.13. The third kappa shape index (κ3) is 5.10. The Morgan fingerprint density at radius 1 is 1.47 bits per heavy atom. The van der Waals surface area contributed by atoms with Crippen LogP contribution in [0.4, 0.5) is 4.39 Å². The van der Waals surface area contributed by atoms with Crippen molar-refractivity contribution in [3.8, 4) is 0 Å². The number of nitrogens with two attached hydrogens (primary N) is 1. The normalized spacial score (nSPS) is 13.7. The predicted octanol–water partition coefficient (Wildman–Crippen LogP) is 3.26. The lowest BCUT2D eigenvalue weighted by Crippen LogP contribution is -2.10. The van der Waals surface area contributed by atoms with Gasteiger partial charge in [0.05, 0.1) is 0 Å². The van der Waals surface area contributed by atoms with E-state index in [0.717, 1.165) is 22.9 Å². The molecule has 0 radical (unpaired) electrons. The number of allylic oxidation sites excluding steroid dienone is 5. The summed E-state index contributed by atoms with van der Waals surface area (Å²) in [5, 5.41) is 1.12. The smallest absolute Gasteiger partial charge is 0.108 e. The first kappa shape index (κ1) is 15.8. The molecule has 0 spiro atoms. The Morgan fingerprint density at radius 2 is 2.26 bits per heavy atom. The van der Waals surface area contributed by atoms with Crippen molar-refractivity contribution >= 4 is 14.5 Å². The molecule has 2 atom stereocenters. The highest BCUT2D eigenvalue weighted by molar-refractivity contribution is 7.27. The van der Waals surface area contributed by atoms with Crippen LogP contribution in [0.5, 0.6) is 0 Å². The fraction of sp³-hybridized carbons (Fsp3) is 0.250. The molecular formula is C16H21FNP. The van der Waals surface area contributed by atoms with E-state index in [2.05, 4.69) is 28.0 Å². The van der Waals surface area contributed by atoms with Gasteiger partial charge in [-0.3, -0.25) is 0 Å². The average molecular weight is 277 g/mol. The summed E-state index contributed by atoms with van der Waals surface area (Å²) in [6.07, 6.45) is 7.83. The van der Waals surface area contributed by atoms with Gasteiger partial charge in [0.1, 0.15) is 6.67 Å². The van der Waals surface area contributed by atoms with Gasteiger partial charge in [0, 0.05) is 5.92 Å². The van der Waals surface area contributed by atoms with Gasteiger partial charge in [-0.25, -0.2) is 4.39 Å². The summed E-state index contributed by atoms with van der Waals surface area (Å²) in [5.74, 6) is 0.123. The van der Waals surface area contributed by atoms with Crippen molar-refractivity contribution in [2.75, 3.05) is 13.2 Å². The average Bonchev–Trinajstić information content (AvgIpc) is 2.41. The van der Waals surface area contributed by atoms with Crippen molar-refractivity contribution < 1.29 is 4.39 Å². The molecule has 0 saturated heterocycles. The fourth-order valence-electron chi connectivity index (χ4n) is 2.06. The van der Waals surface area contributed by atoms with Crippen molar-refractivity contribution in [1.29, 1.82) is 0 Å². The number of alkyl halides is 1. The van der Waals surface area contributed by atoms with Gasteiger partial charge in [-0.05, 0) is 35.5 Å². The number of rotatable bonds is 7. The molecule has 0 saturated carbocycles. The van der Waals surface area contributed by atoms with Crippen LogP contribution in [0, 0.1) is 0 Å². The molecule has 0 aliphatic heterocycles. The van der Waals surface area contributed by atoms with E-state index >= 15 is 0 Å². The Bertz CT molecular complexity index is 466. The Labute approximate surface area is 117 Å². The molecule has 1 rings (SSSR count). The third-order valence-corrected chi connectivity index (χ3v) is 3.27. The summed E-state index contributed by atoms with van der Waals surface area (Å²) in [5.41, 5.74) is 7.80. The zero-order valence-electron chi connectivity index (χ0n) is 11.1. The molecule has 19 heavy (non-hydrogen) atoms. The Kier molecular flexibility index (Phi) is 7.32. The van der Waals surface area contributed by atoms with Crippen LogP contribution in [0.3, 0.4) is 0 Å². The number of hydrogen-bond donors (Lipinski definition) is 1. The van der Waals surface area contributed by atoms with Crippen LogP contribution in [0.25, 0.3) is 0 Å². The second-order valence-corrected chi connectivity index (χ2v) is 4.92. The van der Waals surface area contributed by atoms with Gasteiger partial charge in [0.15, 0.2) is 0 Å². The van der Waals surface area contributed by atoms with Gasteiger partial charge in [0.25, 0.3) is 0 Å². The zero-order chi connectivity index (χ0) is 14.1. The largest absolute Gasteiger partial charge is 0.330 e. The van der Waals surface area contributed by atoms with Crippen LogP contribution in [0.1, 0.15) is 17.9 Å². The van der Waals surface area contributed by atoms with Crippen molar-refractivity contribution in [2.45, 2.75) is 12.3 Å². The van der Waals surface area contributed by atoms with Gasteiger partial charge in [-0.15, -0.1) is 9.24 Å². The molecule has 102 valence electrons. The second kappa shape index (κ2) is 8.79. The minimum atomic E-state index is -0.474. The van der Waals surface area contributed by atoms with Crippen LogP contribution in [-0.4, -0.2) is 13.2 Å². The van der Waals surface area contributed by atoms with Crippen LogP contribution in [-0.2, 0) is 0 Å². The lowest BCUT2D eigenvalue weighted by atomic mass is 9.87. The van der Waals surface area contributed by atoms with Crippen LogP contribution in [0.2, 0.25) is 0 Å². The molecule has 0 heterocycles. The van der Waals surface area contributed by atoms with Gasteiger partial charge in [0.2, 0.25) is 0 Å². The number of halogens is 1. The maximum absolute atomic E-state index is 12.7. The Hall–Kier alpha value is -1.24. The lowest BCUT2D eigenvalue weighted by molar-refractivity contribution is 0.557. The van der Waals surface area contributed by atoms with Gasteiger partial charge in [-0.2, -0.15) is 0 Å². The molecule has 0 aliphatic carbocycles. The minimum Gasteiger partial charge on any atom is -0.330 e. The molecule has 1 aromatic carbocycles. The fourth-order valence-corrected chi connectivity index (χ4v) is 2.37. The molecule has 1 nitrogen and oxygen atoms in total. The van der Waals surface area contributed by atoms with E-state index in [4.69, 9.17) is 5.73 Å². The highest BCUT2D eigenvalue weighted by Crippen LogP contribution is 2.28. The van der Waals surface area contributed by atoms with Crippen molar-refractivity contribution in [1.82, 2.24) is 0 Å². The van der Waals surface area contributed by atoms with Crippen LogP contribution < -0.4 is 11.0 Å². The van der Waals surface area contributed by atoms with Gasteiger partial charge < -0.3 is 5.73 Å². The van der Waals surface area contributed by atoms with E-state index < -0.39 is 6.67 Å². The van der Waals surface area contributed by atoms with E-state index in [1.807, 2.05) is 24.3 Å². The van der Waals surface area contributed by atoms with E-state index in [1.54, 1.807) is 12.2 Å². The maximum atomic E-state index is 12.7. The summed E-state index contributed by atoms with van der Waals surface area (Å²) in [4.78, 5) is 0. The van der Waals surface area contributed by atoms with E-state index in [-0.39, 0.29) is 5.92 Å². The third-order valence-electron chi connectivity index (χ3n) is 2.91. The van der Waals surface area contributed by atoms with Crippen molar-refractivity contribution in [3.05, 3.63) is 66.3 Å². The maximum Gasteiger partial charge on any atom is 0.108 e. The highest BCUT2D eigenvalue weighted by Gasteiger charge is 2.14. The quantitative estimate of drug-likeness (QED) is 0.601. The summed E-state index contributed by atoms with van der Waals surface area (Å²) in [7, 11) is 2.68. The van der Waals surface area contributed by atoms with Crippen LogP contribution >= 0.6 is 9.24 Å². The number of benzene rings is 1. The van der Waals surface area contributed by atoms with Gasteiger partial charge in [-0.1, -0.05) is 49.1 Å². The second-order valence-electron chi connectivity index (χ2n) is 4.25. The van der Waals surface area contributed by atoms with E-state index in [1.165, 1.54) is 0 Å². The lowest BCUT2D eigenvalue weighted by Gasteiger charge is -2.18. The van der Waals surface area contributed by atoms with E-state index in [9.17, 15) is 4.39 Å². The highest BCUT2D eigenvalue weighted by atomic mass is 31.0. The SMILES string of the molecule is C=C/C=C\C(=C/CF)C(CCN)c1cccc(P)c1. The first-order chi connectivity index (χ1) is 9.22. The first-order valence-electron chi connectivity index (χ1n) is 6.33. The van der Waals surface area contributed by atoms with Crippen molar-refractivity contribution in [2.24, 2.45) is 5.73 Å². The summed E-state index contributed by atoms with van der Waals surface area (Å²) in [6.45, 7) is 3.74. The molecular weight excluding hydrogens is 256 g/mol. The molecule has 2 unspecified atom stereocenters. The molecule has 0 fully saturated rings. The molecule has 0 bridgehead atoms. The Morgan fingerprint density at radius 3 is 2.84 bits per heavy atom. The molecule has 0 aliphatic rings. The topological polar surface area (TPSA) is 26.0 Å². The minimum absolute atomic E-state index is 0.123. The zero-order valence-corrected chi connectivity index (χ0v) is 12.2. The standard InChI is InChI=1S/C16H21FNP/c1-2-3-5-13(8-10-17)16(9-11-18)14-6-4-7-15(19)12-14/h2-8,12,16H,1,9-11,18-19H2/b5-3-,13-8+. The molecule has 0 aromatic heterocycles.